The van der Waals surface area contributed by atoms with Crippen LogP contribution in [0.15, 0.2) is 36.4 Å². The van der Waals surface area contributed by atoms with Gasteiger partial charge in [0, 0.05) is 31.0 Å². The molecule has 9 nitrogen and oxygen atoms in total. The number of carbonyl (C=O) groups excluding carboxylic acids is 3. The summed E-state index contributed by atoms with van der Waals surface area (Å²) in [7, 11) is 1.93. The van der Waals surface area contributed by atoms with E-state index in [0.29, 0.717) is 31.3 Å². The molecule has 1 aliphatic rings. The van der Waals surface area contributed by atoms with E-state index in [9.17, 15) is 14.4 Å². The van der Waals surface area contributed by atoms with Crippen LogP contribution in [0.25, 0.3) is 11.1 Å². The van der Waals surface area contributed by atoms with E-state index >= 15 is 0 Å². The van der Waals surface area contributed by atoms with E-state index in [4.69, 9.17) is 14.9 Å². The number of aliphatic hydroxyl groups is 2. The monoisotopic (exact) mass is 499 g/mol. The van der Waals surface area contributed by atoms with Crippen molar-refractivity contribution in [2.45, 2.75) is 32.1 Å². The van der Waals surface area contributed by atoms with Crippen molar-refractivity contribution < 1.29 is 29.3 Å². The number of hydrogen-bond donors (Lipinski definition) is 5. The maximum absolute atomic E-state index is 12.7. The molecule has 9 heteroatoms. The number of ether oxygens (including phenoxy) is 1. The van der Waals surface area contributed by atoms with Crippen LogP contribution in [0.4, 0.5) is 0 Å². The SMILES string of the molecule is CCNC.O=COCC1c2cc(CCCC(=O)NCCO)ccc2-c2c(C(=O)NCCO)cccc21. The van der Waals surface area contributed by atoms with E-state index in [1.165, 1.54) is 0 Å². The Kier molecular flexibility index (Phi) is 12.6. The van der Waals surface area contributed by atoms with Gasteiger partial charge in [0.05, 0.1) is 13.2 Å². The Morgan fingerprint density at radius 3 is 2.44 bits per heavy atom. The minimum Gasteiger partial charge on any atom is -0.467 e. The number of hydrogen-bond acceptors (Lipinski definition) is 7. The molecule has 2 aromatic carbocycles. The number of aliphatic hydroxyl groups excluding tert-OH is 2. The average molecular weight is 500 g/mol. The van der Waals surface area contributed by atoms with Crippen LogP contribution in [0.2, 0.25) is 0 Å². The van der Waals surface area contributed by atoms with Crippen LogP contribution in [0.1, 0.15) is 52.7 Å². The molecule has 0 bridgehead atoms. The second kappa shape index (κ2) is 15.7. The standard InChI is InChI=1S/C24H28N2O6.C3H9N/c27-11-9-25-22(30)6-1-3-16-7-8-18-20(13-16)21(14-32-15-29)17-4-2-5-19(23(17)18)24(31)26-10-12-28;1-3-4-2/h2,4-5,7-8,13,15,21,27-28H,1,3,6,9-12,14H2,(H,25,30)(H,26,31);4H,3H2,1-2H3. The summed E-state index contributed by atoms with van der Waals surface area (Å²) in [6.07, 6.45) is 1.72. The van der Waals surface area contributed by atoms with Gasteiger partial charge in [-0.25, -0.2) is 0 Å². The Bertz CT molecular complexity index is 1010. The van der Waals surface area contributed by atoms with Gasteiger partial charge in [-0.2, -0.15) is 0 Å². The summed E-state index contributed by atoms with van der Waals surface area (Å²) in [5.74, 6) is -0.552. The smallest absolute Gasteiger partial charge is 0.293 e. The molecule has 0 aliphatic heterocycles. The first-order chi connectivity index (χ1) is 17.5. The molecule has 0 heterocycles. The zero-order valence-electron chi connectivity index (χ0n) is 21.0. The lowest BCUT2D eigenvalue weighted by Gasteiger charge is -2.13. The van der Waals surface area contributed by atoms with E-state index in [-0.39, 0.29) is 50.6 Å². The van der Waals surface area contributed by atoms with E-state index in [1.54, 1.807) is 12.1 Å². The fourth-order valence-electron chi connectivity index (χ4n) is 4.12. The second-order valence-electron chi connectivity index (χ2n) is 8.29. The van der Waals surface area contributed by atoms with Crippen molar-refractivity contribution in [2.75, 3.05) is 46.5 Å². The molecule has 0 fully saturated rings. The highest BCUT2D eigenvalue weighted by Gasteiger charge is 2.32. The molecule has 5 N–H and O–H groups in total. The van der Waals surface area contributed by atoms with Crippen LogP contribution >= 0.6 is 0 Å². The largest absolute Gasteiger partial charge is 0.467 e. The van der Waals surface area contributed by atoms with Crippen molar-refractivity contribution in [1.29, 1.82) is 0 Å². The summed E-state index contributed by atoms with van der Waals surface area (Å²) in [6, 6.07) is 11.5. The van der Waals surface area contributed by atoms with Gasteiger partial charge in [0.15, 0.2) is 0 Å². The van der Waals surface area contributed by atoms with Crippen LogP contribution in [0.3, 0.4) is 0 Å². The Hall–Kier alpha value is -3.27. The molecule has 0 saturated heterocycles. The lowest BCUT2D eigenvalue weighted by molar-refractivity contribution is -0.129. The van der Waals surface area contributed by atoms with E-state index in [1.807, 2.05) is 25.2 Å². The topological polar surface area (TPSA) is 137 Å². The summed E-state index contributed by atoms with van der Waals surface area (Å²) >= 11 is 0. The van der Waals surface area contributed by atoms with Crippen molar-refractivity contribution in [3.05, 3.63) is 58.7 Å². The lowest BCUT2D eigenvalue weighted by Crippen LogP contribution is -2.26. The number of fused-ring (bicyclic) bond motifs is 3. The van der Waals surface area contributed by atoms with E-state index in [2.05, 4.69) is 28.9 Å². The first-order valence-electron chi connectivity index (χ1n) is 12.2. The average Bonchev–Trinajstić information content (AvgIpc) is 3.22. The van der Waals surface area contributed by atoms with Gasteiger partial charge in [-0.05, 0) is 60.3 Å². The normalized spacial score (nSPS) is 13.1. The summed E-state index contributed by atoms with van der Waals surface area (Å²) in [4.78, 5) is 35.3. The van der Waals surface area contributed by atoms with Gasteiger partial charge in [0.25, 0.3) is 12.4 Å². The maximum Gasteiger partial charge on any atom is 0.293 e. The summed E-state index contributed by atoms with van der Waals surface area (Å²) in [5, 5.41) is 26.1. The number of aryl methyl sites for hydroxylation is 1. The zero-order chi connectivity index (χ0) is 26.3. The number of benzene rings is 2. The summed E-state index contributed by atoms with van der Waals surface area (Å²) < 4.78 is 5.10. The third-order valence-corrected chi connectivity index (χ3v) is 5.86. The number of carbonyl (C=O) groups is 3. The van der Waals surface area contributed by atoms with Gasteiger partial charge < -0.3 is 30.9 Å². The first kappa shape index (κ1) is 29.0. The van der Waals surface area contributed by atoms with Gasteiger partial charge in [-0.15, -0.1) is 0 Å². The molecule has 36 heavy (non-hydrogen) atoms. The molecular formula is C27H37N3O6. The fraction of sp³-hybridized carbons (Fsp3) is 0.444. The van der Waals surface area contributed by atoms with Crippen LogP contribution in [-0.2, 0) is 20.7 Å². The van der Waals surface area contributed by atoms with Crippen LogP contribution in [0.5, 0.6) is 0 Å². The minimum absolute atomic E-state index is 0.0820. The highest BCUT2D eigenvalue weighted by molar-refractivity contribution is 6.03. The fourth-order valence-corrected chi connectivity index (χ4v) is 4.12. The van der Waals surface area contributed by atoms with Gasteiger partial charge in [0.1, 0.15) is 6.61 Å². The van der Waals surface area contributed by atoms with Gasteiger partial charge >= 0.3 is 0 Å². The van der Waals surface area contributed by atoms with Crippen molar-refractivity contribution in [1.82, 2.24) is 16.0 Å². The van der Waals surface area contributed by atoms with Crippen molar-refractivity contribution in [3.63, 3.8) is 0 Å². The molecule has 1 aliphatic carbocycles. The Morgan fingerprint density at radius 2 is 1.78 bits per heavy atom. The highest BCUT2D eigenvalue weighted by atomic mass is 16.5. The molecule has 1 unspecified atom stereocenters. The van der Waals surface area contributed by atoms with Gasteiger partial charge in [-0.1, -0.05) is 37.3 Å². The van der Waals surface area contributed by atoms with Gasteiger partial charge in [0.2, 0.25) is 5.91 Å². The van der Waals surface area contributed by atoms with E-state index in [0.717, 1.165) is 34.4 Å². The van der Waals surface area contributed by atoms with Gasteiger partial charge in [-0.3, -0.25) is 14.4 Å². The molecule has 1 atom stereocenters. The molecule has 196 valence electrons. The first-order valence-corrected chi connectivity index (χ1v) is 12.2. The predicted octanol–water partition coefficient (Wildman–Crippen LogP) is 1.35. The Labute approximate surface area is 212 Å². The third kappa shape index (κ3) is 7.87. The molecule has 0 radical (unpaired) electrons. The Balaban J connectivity index is 0.00000106. The summed E-state index contributed by atoms with van der Waals surface area (Å²) in [6.45, 7) is 3.92. The van der Waals surface area contributed by atoms with E-state index < -0.39 is 0 Å². The number of nitrogens with one attached hydrogen (secondary N) is 3. The zero-order valence-corrected chi connectivity index (χ0v) is 21.0. The quantitative estimate of drug-likeness (QED) is 0.262. The number of amides is 2. The van der Waals surface area contributed by atoms with Crippen molar-refractivity contribution >= 4 is 18.3 Å². The molecule has 0 saturated carbocycles. The molecule has 0 spiro atoms. The predicted molar refractivity (Wildman–Crippen MR) is 138 cm³/mol. The van der Waals surface area contributed by atoms with Crippen molar-refractivity contribution in [3.8, 4) is 11.1 Å². The molecule has 3 rings (SSSR count). The Morgan fingerprint density at radius 1 is 1.06 bits per heavy atom. The van der Waals surface area contributed by atoms with Crippen LogP contribution in [-0.4, -0.2) is 75.0 Å². The minimum atomic E-state index is -0.267. The summed E-state index contributed by atoms with van der Waals surface area (Å²) in [5.41, 5.74) is 5.18. The van der Waals surface area contributed by atoms with Crippen LogP contribution in [0, 0.1) is 0 Å². The molecule has 2 amide bonds. The second-order valence-corrected chi connectivity index (χ2v) is 8.29. The third-order valence-electron chi connectivity index (χ3n) is 5.86. The van der Waals surface area contributed by atoms with Crippen molar-refractivity contribution in [2.24, 2.45) is 0 Å². The highest BCUT2D eigenvalue weighted by Crippen LogP contribution is 2.47. The molecule has 2 aromatic rings. The van der Waals surface area contributed by atoms with Crippen LogP contribution < -0.4 is 16.0 Å². The molecular weight excluding hydrogens is 462 g/mol. The number of rotatable bonds is 13. The lowest BCUT2D eigenvalue weighted by atomic mass is 9.95. The molecule has 0 aromatic heterocycles. The maximum atomic E-state index is 12.7.